The van der Waals surface area contributed by atoms with E-state index in [0.29, 0.717) is 31.7 Å². The van der Waals surface area contributed by atoms with Crippen molar-refractivity contribution >= 4 is 12.0 Å². The van der Waals surface area contributed by atoms with Gasteiger partial charge in [0.05, 0.1) is 12.1 Å². The summed E-state index contributed by atoms with van der Waals surface area (Å²) in [5.74, 6) is 0.139. The third-order valence-electron chi connectivity index (χ3n) is 5.68. The Morgan fingerprint density at radius 3 is 2.88 bits per heavy atom. The first-order valence-electron chi connectivity index (χ1n) is 8.89. The molecule has 2 aliphatic heterocycles. The summed E-state index contributed by atoms with van der Waals surface area (Å²) in [6.07, 6.45) is 2.86. The molecule has 4 rings (SSSR count). The molecule has 3 aliphatic rings. The van der Waals surface area contributed by atoms with E-state index < -0.39 is 18.2 Å². The molecular weight excluding hydrogens is 336 g/mol. The fourth-order valence-corrected chi connectivity index (χ4v) is 4.61. The number of carbonyl (C=O) groups is 2. The summed E-state index contributed by atoms with van der Waals surface area (Å²) in [6, 6.07) is 5.97. The number of rotatable bonds is 3. The Labute approximate surface area is 151 Å². The van der Waals surface area contributed by atoms with Crippen molar-refractivity contribution in [1.29, 1.82) is 5.26 Å². The minimum absolute atomic E-state index is 0.0859. The van der Waals surface area contributed by atoms with Gasteiger partial charge in [0.2, 0.25) is 11.8 Å². The zero-order valence-electron chi connectivity index (χ0n) is 14.2. The van der Waals surface area contributed by atoms with Crippen molar-refractivity contribution in [2.45, 2.75) is 49.9 Å². The summed E-state index contributed by atoms with van der Waals surface area (Å²) < 4.78 is 5.89. The second-order valence-electron chi connectivity index (χ2n) is 7.08. The van der Waals surface area contributed by atoms with E-state index in [2.05, 4.69) is 11.1 Å². The average molecular weight is 356 g/mol. The molecule has 3 fully saturated rings. The lowest BCUT2D eigenvalue weighted by atomic mass is 9.96. The fraction of sp³-hybridized carbons (Fsp3) is 0.556. The maximum absolute atomic E-state index is 13.0. The fourth-order valence-electron chi connectivity index (χ4n) is 4.61. The van der Waals surface area contributed by atoms with E-state index in [1.54, 1.807) is 23.2 Å². The highest BCUT2D eigenvalue weighted by Gasteiger charge is 2.58. The van der Waals surface area contributed by atoms with Crippen molar-refractivity contribution in [2.75, 3.05) is 6.54 Å². The van der Waals surface area contributed by atoms with E-state index in [9.17, 15) is 20.0 Å². The molecule has 2 amide bonds. The molecule has 1 aromatic heterocycles. The summed E-state index contributed by atoms with van der Waals surface area (Å²) in [7, 11) is 0. The van der Waals surface area contributed by atoms with Crippen molar-refractivity contribution in [1.82, 2.24) is 14.8 Å². The first-order valence-corrected chi connectivity index (χ1v) is 8.89. The second kappa shape index (κ2) is 6.48. The molecule has 2 bridgehead atoms. The quantitative estimate of drug-likeness (QED) is 0.879. The minimum atomic E-state index is -1.11. The van der Waals surface area contributed by atoms with Crippen LogP contribution in [0.1, 0.15) is 25.7 Å². The molecule has 1 saturated carbocycles. The molecule has 0 radical (unpaired) electrons. The number of fused-ring (bicyclic) bond motifs is 2. The van der Waals surface area contributed by atoms with Crippen molar-refractivity contribution in [3.05, 3.63) is 24.4 Å². The number of pyridine rings is 1. The Bertz CT molecular complexity index is 749. The number of carboxylic acid groups (broad SMARTS) is 1. The minimum Gasteiger partial charge on any atom is -0.472 e. The number of aromatic nitrogens is 1. The van der Waals surface area contributed by atoms with E-state index in [1.165, 1.54) is 4.90 Å². The molecule has 0 spiro atoms. The van der Waals surface area contributed by atoms with Crippen LogP contribution in [-0.2, 0) is 4.79 Å². The molecule has 1 aromatic rings. The van der Waals surface area contributed by atoms with Crippen molar-refractivity contribution in [2.24, 2.45) is 5.92 Å². The maximum Gasteiger partial charge on any atom is 0.408 e. The zero-order chi connectivity index (χ0) is 18.3. The molecule has 3 heterocycles. The van der Waals surface area contributed by atoms with Crippen molar-refractivity contribution in [3.8, 4) is 11.9 Å². The number of likely N-dealkylation sites (tertiary alicyclic amines) is 2. The molecule has 0 unspecified atom stereocenters. The number of piperidine rings is 1. The highest BCUT2D eigenvalue weighted by atomic mass is 16.5. The number of ether oxygens (including phenoxy) is 1. The Kier molecular flexibility index (Phi) is 4.15. The smallest absolute Gasteiger partial charge is 0.408 e. The molecule has 8 nitrogen and oxygen atoms in total. The predicted molar refractivity (Wildman–Crippen MR) is 89.2 cm³/mol. The van der Waals surface area contributed by atoms with Gasteiger partial charge in [0.15, 0.2) is 0 Å². The monoisotopic (exact) mass is 356 g/mol. The van der Waals surface area contributed by atoms with Crippen LogP contribution in [0.25, 0.3) is 0 Å². The first kappa shape index (κ1) is 16.6. The normalized spacial score (nSPS) is 32.5. The van der Waals surface area contributed by atoms with Crippen LogP contribution in [0.15, 0.2) is 24.4 Å². The van der Waals surface area contributed by atoms with Crippen molar-refractivity contribution < 1.29 is 19.4 Å². The summed E-state index contributed by atoms with van der Waals surface area (Å²) in [6.45, 7) is 0.520. The molecule has 5 atom stereocenters. The van der Waals surface area contributed by atoms with Crippen LogP contribution >= 0.6 is 0 Å². The van der Waals surface area contributed by atoms with Crippen LogP contribution in [0.2, 0.25) is 0 Å². The van der Waals surface area contributed by atoms with E-state index in [4.69, 9.17) is 4.74 Å². The number of amides is 2. The van der Waals surface area contributed by atoms with Gasteiger partial charge in [0, 0.05) is 18.8 Å². The lowest BCUT2D eigenvalue weighted by Gasteiger charge is -2.38. The highest BCUT2D eigenvalue weighted by Crippen LogP contribution is 2.45. The Balaban J connectivity index is 1.53. The van der Waals surface area contributed by atoms with Gasteiger partial charge in [-0.3, -0.25) is 9.69 Å². The Hall–Kier alpha value is -2.82. The van der Waals surface area contributed by atoms with Gasteiger partial charge in [-0.15, -0.1) is 0 Å². The third-order valence-corrected chi connectivity index (χ3v) is 5.68. The molecular formula is C18H20N4O4. The van der Waals surface area contributed by atoms with Gasteiger partial charge in [0.1, 0.15) is 18.2 Å². The van der Waals surface area contributed by atoms with E-state index in [1.807, 2.05) is 6.07 Å². The highest BCUT2D eigenvalue weighted by molar-refractivity contribution is 5.87. The molecule has 8 heteroatoms. The second-order valence-corrected chi connectivity index (χ2v) is 7.08. The zero-order valence-corrected chi connectivity index (χ0v) is 14.2. The topological polar surface area (TPSA) is 107 Å². The largest absolute Gasteiger partial charge is 0.472 e. The van der Waals surface area contributed by atoms with Gasteiger partial charge in [0.25, 0.3) is 0 Å². The molecule has 2 saturated heterocycles. The van der Waals surface area contributed by atoms with Gasteiger partial charge < -0.3 is 14.7 Å². The van der Waals surface area contributed by atoms with Crippen molar-refractivity contribution in [3.63, 3.8) is 0 Å². The first-order chi connectivity index (χ1) is 12.6. The predicted octanol–water partition coefficient (Wildman–Crippen LogP) is 1.48. The van der Waals surface area contributed by atoms with Gasteiger partial charge in [-0.2, -0.15) is 5.26 Å². The standard InChI is InChI=1S/C18H20N4O4/c19-10-12-4-3-7-21(12)17(23)16-11-8-13(22(16)18(24)25)14(9-11)26-15-5-1-2-6-20-15/h1-2,5-6,11-14,16H,3-4,7-9H2,(H,24,25)/t11-,12-,13+,14+,16-/m0/s1. The molecule has 136 valence electrons. The molecule has 1 aliphatic carbocycles. The van der Waals surface area contributed by atoms with Gasteiger partial charge in [-0.05, 0) is 37.7 Å². The van der Waals surface area contributed by atoms with Crippen LogP contribution in [0.5, 0.6) is 5.88 Å². The van der Waals surface area contributed by atoms with Gasteiger partial charge in [-0.1, -0.05) is 6.07 Å². The van der Waals surface area contributed by atoms with E-state index in [0.717, 1.165) is 6.42 Å². The van der Waals surface area contributed by atoms with Crippen LogP contribution in [0.4, 0.5) is 4.79 Å². The molecule has 0 aromatic carbocycles. The van der Waals surface area contributed by atoms with Crippen LogP contribution in [0, 0.1) is 17.2 Å². The van der Waals surface area contributed by atoms with Gasteiger partial charge >= 0.3 is 6.09 Å². The number of nitriles is 1. The summed E-state index contributed by atoms with van der Waals surface area (Å²) in [4.78, 5) is 31.8. The van der Waals surface area contributed by atoms with E-state index >= 15 is 0 Å². The molecule has 1 N–H and O–H groups in total. The van der Waals surface area contributed by atoms with Crippen LogP contribution in [-0.4, -0.2) is 62.7 Å². The lowest BCUT2D eigenvalue weighted by molar-refractivity contribution is -0.138. The van der Waals surface area contributed by atoms with Gasteiger partial charge in [-0.25, -0.2) is 9.78 Å². The number of hydrogen-bond donors (Lipinski definition) is 1. The summed E-state index contributed by atoms with van der Waals surface area (Å²) in [5.41, 5.74) is 0. The Morgan fingerprint density at radius 2 is 2.19 bits per heavy atom. The SMILES string of the molecule is N#C[C@@H]1CCCN1C(=O)[C@@H]1[C@H]2C[C@H]([C@H](Oc3ccccn3)C2)N1C(=O)O. The van der Waals surface area contributed by atoms with Crippen LogP contribution in [0.3, 0.4) is 0 Å². The summed E-state index contributed by atoms with van der Waals surface area (Å²) >= 11 is 0. The number of carbonyl (C=O) groups excluding carboxylic acids is 1. The molecule has 26 heavy (non-hydrogen) atoms. The third kappa shape index (κ3) is 2.64. The average Bonchev–Trinajstić information content (AvgIpc) is 3.35. The Morgan fingerprint density at radius 1 is 1.35 bits per heavy atom. The maximum atomic E-state index is 13.0. The van der Waals surface area contributed by atoms with Crippen LogP contribution < -0.4 is 4.74 Å². The van der Waals surface area contributed by atoms with E-state index in [-0.39, 0.29) is 24.0 Å². The number of nitrogens with zero attached hydrogens (tertiary/aromatic N) is 4. The summed E-state index contributed by atoms with van der Waals surface area (Å²) in [5, 5.41) is 19.0. The lowest BCUT2D eigenvalue weighted by Crippen LogP contribution is -2.58. The number of hydrogen-bond acceptors (Lipinski definition) is 5.